The number of nitrogens with zero attached hydrogens (tertiary/aromatic N) is 2. The highest BCUT2D eigenvalue weighted by atomic mass is 35.5. The normalized spacial score (nSPS) is 18.4. The quantitative estimate of drug-likeness (QED) is 0.511. The van der Waals surface area contributed by atoms with E-state index in [9.17, 15) is 9.59 Å². The number of nitrogens with two attached hydrogens (primary N) is 1. The molecule has 2 aromatic rings. The number of carbonyl (C=O) groups is 2. The fourth-order valence-electron chi connectivity index (χ4n) is 4.16. The van der Waals surface area contributed by atoms with Crippen LogP contribution in [0.2, 0.25) is 5.02 Å². The molecule has 2 aliphatic rings. The Morgan fingerprint density at radius 1 is 1.03 bits per heavy atom. The highest BCUT2D eigenvalue weighted by molar-refractivity contribution is 7.99. The molecule has 1 saturated heterocycles. The molecule has 0 bridgehead atoms. The van der Waals surface area contributed by atoms with Gasteiger partial charge in [0.05, 0.1) is 0 Å². The molecule has 1 unspecified atom stereocenters. The molecule has 2 heterocycles. The molecule has 1 atom stereocenters. The summed E-state index contributed by atoms with van der Waals surface area (Å²) in [6.07, 6.45) is 3.26. The van der Waals surface area contributed by atoms with Crippen molar-refractivity contribution in [3.05, 3.63) is 70.8 Å². The third-order valence-corrected chi connectivity index (χ3v) is 7.28. The predicted molar refractivity (Wildman–Crippen MR) is 135 cm³/mol. The summed E-state index contributed by atoms with van der Waals surface area (Å²) in [5.41, 5.74) is 8.50. The van der Waals surface area contributed by atoms with Gasteiger partial charge in [0.2, 0.25) is 0 Å². The van der Waals surface area contributed by atoms with Gasteiger partial charge in [0.1, 0.15) is 0 Å². The molecular weight excluding hydrogens is 474 g/mol. The van der Waals surface area contributed by atoms with E-state index in [0.717, 1.165) is 57.1 Å². The molecule has 2 aromatic carbocycles. The molecule has 7 nitrogen and oxygen atoms in total. The van der Waals surface area contributed by atoms with Crippen LogP contribution in [-0.2, 0) is 16.0 Å². The molecule has 0 amide bonds. The van der Waals surface area contributed by atoms with Gasteiger partial charge in [-0.3, -0.25) is 4.90 Å². The number of carboxylic acid groups (broad SMARTS) is 2. The number of rotatable bonds is 6. The Morgan fingerprint density at radius 3 is 2.35 bits per heavy atom. The standard InChI is InChI=1S/C21H26ClN3S.C4H4O4/c22-17-6-7-21-18(15-17)19(14-16-4-1-2-5-20(16)26-21)25-12-10-24(11-13-25)9-3-8-23;5-3(6)1-2-4(7)8/h1-2,4-7,15,19H,3,8-14,23H2;1-2H,(H,5,6)(H,7,8)/b;2-1-. The Kier molecular flexibility index (Phi) is 9.98. The number of benzene rings is 2. The van der Waals surface area contributed by atoms with E-state index in [1.54, 1.807) is 0 Å². The second-order valence-electron chi connectivity index (χ2n) is 8.14. The van der Waals surface area contributed by atoms with Gasteiger partial charge in [-0.25, -0.2) is 9.59 Å². The average molecular weight is 504 g/mol. The zero-order valence-corrected chi connectivity index (χ0v) is 20.5. The van der Waals surface area contributed by atoms with Crippen molar-refractivity contribution in [1.82, 2.24) is 9.80 Å². The van der Waals surface area contributed by atoms with Crippen LogP contribution in [0.4, 0.5) is 0 Å². The summed E-state index contributed by atoms with van der Waals surface area (Å²) in [7, 11) is 0. The highest BCUT2D eigenvalue weighted by Crippen LogP contribution is 2.43. The molecule has 0 radical (unpaired) electrons. The number of halogens is 1. The third kappa shape index (κ3) is 7.58. The van der Waals surface area contributed by atoms with E-state index in [4.69, 9.17) is 27.5 Å². The lowest BCUT2D eigenvalue weighted by molar-refractivity contribution is -0.134. The van der Waals surface area contributed by atoms with Gasteiger partial charge in [0.25, 0.3) is 0 Å². The van der Waals surface area contributed by atoms with E-state index in [-0.39, 0.29) is 0 Å². The van der Waals surface area contributed by atoms with Crippen LogP contribution < -0.4 is 5.73 Å². The van der Waals surface area contributed by atoms with Crippen LogP contribution in [0.5, 0.6) is 0 Å². The number of hydrogen-bond donors (Lipinski definition) is 3. The summed E-state index contributed by atoms with van der Waals surface area (Å²) in [4.78, 5) is 27.0. The lowest BCUT2D eigenvalue weighted by atomic mass is 9.96. The van der Waals surface area contributed by atoms with Crippen molar-refractivity contribution in [3.63, 3.8) is 0 Å². The minimum Gasteiger partial charge on any atom is -0.478 e. The monoisotopic (exact) mass is 503 g/mol. The van der Waals surface area contributed by atoms with E-state index in [1.165, 1.54) is 20.9 Å². The molecular formula is C25H30ClN3O4S. The van der Waals surface area contributed by atoms with Crippen LogP contribution in [-0.4, -0.2) is 71.2 Å². The molecule has 1 fully saturated rings. The summed E-state index contributed by atoms with van der Waals surface area (Å²) in [5.74, 6) is -2.51. The molecule has 0 spiro atoms. The van der Waals surface area contributed by atoms with Crippen LogP contribution in [0.1, 0.15) is 23.6 Å². The summed E-state index contributed by atoms with van der Waals surface area (Å²) in [5, 5.41) is 16.5. The summed E-state index contributed by atoms with van der Waals surface area (Å²) in [6, 6.07) is 15.6. The molecule has 34 heavy (non-hydrogen) atoms. The first-order chi connectivity index (χ1) is 16.4. The Bertz CT molecular complexity index is 1010. The maximum absolute atomic E-state index is 9.55. The Labute approximate surface area is 209 Å². The molecule has 0 aliphatic carbocycles. The van der Waals surface area contributed by atoms with Gasteiger partial charge >= 0.3 is 11.9 Å². The van der Waals surface area contributed by atoms with Gasteiger partial charge in [-0.05, 0) is 61.3 Å². The van der Waals surface area contributed by atoms with E-state index < -0.39 is 11.9 Å². The van der Waals surface area contributed by atoms with Crippen molar-refractivity contribution in [1.29, 1.82) is 0 Å². The van der Waals surface area contributed by atoms with Crippen LogP contribution in [0.15, 0.2) is 64.4 Å². The lowest BCUT2D eigenvalue weighted by Crippen LogP contribution is -2.48. The van der Waals surface area contributed by atoms with Gasteiger partial charge in [-0.2, -0.15) is 0 Å². The number of carboxylic acids is 2. The zero-order chi connectivity index (χ0) is 24.5. The average Bonchev–Trinajstić information content (AvgIpc) is 2.99. The summed E-state index contributed by atoms with van der Waals surface area (Å²) in [6.45, 7) is 6.36. The first-order valence-corrected chi connectivity index (χ1v) is 12.4. The molecule has 9 heteroatoms. The summed E-state index contributed by atoms with van der Waals surface area (Å²) >= 11 is 8.26. The largest absolute Gasteiger partial charge is 0.478 e. The molecule has 182 valence electrons. The van der Waals surface area contributed by atoms with Gasteiger partial charge in [0, 0.05) is 59.2 Å². The van der Waals surface area contributed by atoms with Gasteiger partial charge in [-0.1, -0.05) is 41.6 Å². The van der Waals surface area contributed by atoms with Crippen molar-refractivity contribution in [2.75, 3.05) is 39.3 Å². The number of hydrogen-bond acceptors (Lipinski definition) is 6. The first kappa shape index (κ1) is 26.2. The maximum Gasteiger partial charge on any atom is 0.328 e. The molecule has 4 N–H and O–H groups in total. The van der Waals surface area contributed by atoms with E-state index in [2.05, 4.69) is 46.2 Å². The van der Waals surface area contributed by atoms with E-state index in [0.29, 0.717) is 18.2 Å². The van der Waals surface area contributed by atoms with Crippen molar-refractivity contribution in [3.8, 4) is 0 Å². The number of aliphatic carboxylic acids is 2. The molecule has 2 aliphatic heterocycles. The Balaban J connectivity index is 0.000000350. The molecule has 0 saturated carbocycles. The lowest BCUT2D eigenvalue weighted by Gasteiger charge is -2.39. The van der Waals surface area contributed by atoms with Gasteiger partial charge in [-0.15, -0.1) is 0 Å². The SMILES string of the molecule is NCCCN1CCN(C2Cc3ccccc3Sc3ccc(Cl)cc32)CC1.O=C(O)/C=C\C(=O)O. The maximum atomic E-state index is 9.55. The van der Waals surface area contributed by atoms with Crippen LogP contribution in [0.25, 0.3) is 0 Å². The van der Waals surface area contributed by atoms with E-state index in [1.807, 2.05) is 17.8 Å². The van der Waals surface area contributed by atoms with Crippen molar-refractivity contribution in [2.24, 2.45) is 5.73 Å². The Morgan fingerprint density at radius 2 is 1.71 bits per heavy atom. The second-order valence-corrected chi connectivity index (χ2v) is 9.66. The minimum absolute atomic E-state index is 0.400. The van der Waals surface area contributed by atoms with Crippen molar-refractivity contribution in [2.45, 2.75) is 28.7 Å². The van der Waals surface area contributed by atoms with E-state index >= 15 is 0 Å². The second kappa shape index (κ2) is 12.9. The zero-order valence-electron chi connectivity index (χ0n) is 18.9. The third-order valence-electron chi connectivity index (χ3n) is 5.83. The van der Waals surface area contributed by atoms with Crippen molar-refractivity contribution >= 4 is 35.3 Å². The Hall–Kier alpha value is -2.36. The highest BCUT2D eigenvalue weighted by Gasteiger charge is 2.30. The van der Waals surface area contributed by atoms with Crippen LogP contribution in [0, 0.1) is 0 Å². The van der Waals surface area contributed by atoms with Crippen LogP contribution >= 0.6 is 23.4 Å². The summed E-state index contributed by atoms with van der Waals surface area (Å²) < 4.78 is 0. The van der Waals surface area contributed by atoms with Gasteiger partial charge in [0.15, 0.2) is 0 Å². The van der Waals surface area contributed by atoms with Gasteiger partial charge < -0.3 is 20.8 Å². The molecule has 4 rings (SSSR count). The van der Waals surface area contributed by atoms with Crippen LogP contribution in [0.3, 0.4) is 0 Å². The first-order valence-electron chi connectivity index (χ1n) is 11.2. The fourth-order valence-corrected chi connectivity index (χ4v) is 5.46. The number of fused-ring (bicyclic) bond motifs is 2. The smallest absolute Gasteiger partial charge is 0.328 e. The topological polar surface area (TPSA) is 107 Å². The minimum atomic E-state index is -1.26. The fraction of sp³-hybridized carbons (Fsp3) is 0.360. The number of piperazine rings is 1. The molecule has 0 aromatic heterocycles. The van der Waals surface area contributed by atoms with Crippen molar-refractivity contribution < 1.29 is 19.8 Å². The predicted octanol–water partition coefficient (Wildman–Crippen LogP) is 3.77.